The second-order valence-electron chi connectivity index (χ2n) is 2.31. The molecule has 0 rings (SSSR count). The number of methoxy groups -OCH3 is 1. The van der Waals surface area contributed by atoms with Crippen molar-refractivity contribution in [2.24, 2.45) is 0 Å². The Morgan fingerprint density at radius 3 is 1.88 bits per heavy atom. The van der Waals surface area contributed by atoms with Crippen LogP contribution in [0.4, 0.5) is 0 Å². The largest absolute Gasteiger partial charge is 0.465 e. The molecule has 0 radical (unpaired) electrons. The summed E-state index contributed by atoms with van der Waals surface area (Å²) in [4.78, 5) is 19.6. The Labute approximate surface area is 99.8 Å². The molecule has 0 aromatic carbocycles. The minimum Gasteiger partial charge on any atom is -0.465 e. The highest BCUT2D eigenvalue weighted by atomic mass is 32.2. The van der Waals surface area contributed by atoms with Gasteiger partial charge in [0, 0.05) is 6.92 Å². The van der Waals surface area contributed by atoms with Gasteiger partial charge in [-0.2, -0.15) is 8.42 Å². The van der Waals surface area contributed by atoms with Gasteiger partial charge in [-0.05, 0) is 0 Å². The molecule has 0 spiro atoms. The van der Waals surface area contributed by atoms with E-state index in [0.29, 0.717) is 0 Å². The van der Waals surface area contributed by atoms with Crippen LogP contribution in [0.15, 0.2) is 24.3 Å². The number of carbonyl (C=O) groups is 2. The SMILES string of the molecule is C=C(C(=O)OC)S(=O)(=O)OC.C=COC(C)=O. The molecule has 0 N–H and O–H groups in total. The van der Waals surface area contributed by atoms with Crippen LogP contribution in [-0.4, -0.2) is 34.6 Å². The molecule has 0 aromatic heterocycles. The van der Waals surface area contributed by atoms with Crippen molar-refractivity contribution in [1.29, 1.82) is 0 Å². The van der Waals surface area contributed by atoms with Gasteiger partial charge in [0.25, 0.3) is 0 Å². The Morgan fingerprint density at radius 2 is 1.71 bits per heavy atom. The average Bonchev–Trinajstić information content (AvgIpc) is 2.27. The summed E-state index contributed by atoms with van der Waals surface area (Å²) in [5.74, 6) is -1.35. The molecule has 0 saturated carbocycles. The van der Waals surface area contributed by atoms with Gasteiger partial charge < -0.3 is 9.47 Å². The standard InChI is InChI=1S/C5H8O5S.C4H6O2/c1-4(5(6)9-2)11(7,8)10-3;1-3-6-4(2)5/h1H2,2-3H3;3H,1H2,2H3. The molecular weight excluding hydrogens is 252 g/mol. The van der Waals surface area contributed by atoms with Crippen LogP contribution in [0, 0.1) is 0 Å². The van der Waals surface area contributed by atoms with Crippen molar-refractivity contribution >= 4 is 22.1 Å². The molecule has 0 aliphatic carbocycles. The lowest BCUT2D eigenvalue weighted by Gasteiger charge is -2.01. The van der Waals surface area contributed by atoms with Crippen molar-refractivity contribution in [1.82, 2.24) is 0 Å². The van der Waals surface area contributed by atoms with E-state index in [2.05, 4.69) is 26.8 Å². The third-order valence-electron chi connectivity index (χ3n) is 1.18. The van der Waals surface area contributed by atoms with Crippen molar-refractivity contribution in [3.05, 3.63) is 24.3 Å². The van der Waals surface area contributed by atoms with Crippen LogP contribution in [0.3, 0.4) is 0 Å². The van der Waals surface area contributed by atoms with Gasteiger partial charge in [0.15, 0.2) is 4.91 Å². The molecule has 0 aliphatic heterocycles. The molecule has 0 aromatic rings. The maximum atomic E-state index is 10.7. The van der Waals surface area contributed by atoms with E-state index >= 15 is 0 Å². The average molecular weight is 266 g/mol. The molecule has 0 heterocycles. The van der Waals surface area contributed by atoms with Crippen molar-refractivity contribution in [2.75, 3.05) is 14.2 Å². The summed E-state index contributed by atoms with van der Waals surface area (Å²) < 4.78 is 33.6. The second kappa shape index (κ2) is 8.48. The molecule has 0 saturated heterocycles. The van der Waals surface area contributed by atoms with E-state index in [-0.39, 0.29) is 5.97 Å². The molecule has 0 amide bonds. The summed E-state index contributed by atoms with van der Waals surface area (Å²) in [6, 6.07) is 0. The maximum absolute atomic E-state index is 10.7. The van der Waals surface area contributed by atoms with Crippen LogP contribution in [0.5, 0.6) is 0 Å². The molecule has 17 heavy (non-hydrogen) atoms. The summed E-state index contributed by atoms with van der Waals surface area (Å²) in [5.41, 5.74) is 0. The Kier molecular flexibility index (Phi) is 8.84. The van der Waals surface area contributed by atoms with Gasteiger partial charge in [0.2, 0.25) is 0 Å². The smallest absolute Gasteiger partial charge is 0.351 e. The van der Waals surface area contributed by atoms with E-state index in [1.807, 2.05) is 0 Å². The van der Waals surface area contributed by atoms with Crippen LogP contribution < -0.4 is 0 Å². The fraction of sp³-hybridized carbons (Fsp3) is 0.333. The van der Waals surface area contributed by atoms with E-state index in [1.165, 1.54) is 6.92 Å². The fourth-order valence-electron chi connectivity index (χ4n) is 0.434. The highest BCUT2D eigenvalue weighted by Gasteiger charge is 2.22. The van der Waals surface area contributed by atoms with Crippen LogP contribution >= 0.6 is 0 Å². The Morgan fingerprint density at radius 1 is 1.24 bits per heavy atom. The molecule has 0 fully saturated rings. The van der Waals surface area contributed by atoms with Crippen LogP contribution in [0.25, 0.3) is 0 Å². The van der Waals surface area contributed by atoms with Gasteiger partial charge in [-0.3, -0.25) is 8.98 Å². The number of esters is 2. The van der Waals surface area contributed by atoms with E-state index in [0.717, 1.165) is 20.5 Å². The minimum absolute atomic E-state index is 0.329. The summed E-state index contributed by atoms with van der Waals surface area (Å²) in [5, 5.41) is 0. The zero-order valence-corrected chi connectivity index (χ0v) is 10.6. The predicted octanol–water partition coefficient (Wildman–Crippen LogP) is 0.342. The summed E-state index contributed by atoms with van der Waals surface area (Å²) in [6.45, 7) is 7.46. The third-order valence-corrected chi connectivity index (χ3v) is 2.39. The zero-order valence-electron chi connectivity index (χ0n) is 9.76. The number of hydrogen-bond donors (Lipinski definition) is 0. The Hall–Kier alpha value is -1.67. The van der Waals surface area contributed by atoms with Crippen molar-refractivity contribution < 1.29 is 31.7 Å². The van der Waals surface area contributed by atoms with Crippen LogP contribution in [-0.2, 0) is 33.4 Å². The lowest BCUT2D eigenvalue weighted by molar-refractivity contribution is -0.136. The quantitative estimate of drug-likeness (QED) is 0.313. The van der Waals surface area contributed by atoms with E-state index in [9.17, 15) is 18.0 Å². The Bertz CT molecular complexity index is 394. The van der Waals surface area contributed by atoms with Gasteiger partial charge in [0.05, 0.1) is 20.5 Å². The number of carbonyl (C=O) groups excluding carboxylic acids is 2. The van der Waals surface area contributed by atoms with Crippen LogP contribution in [0.2, 0.25) is 0 Å². The van der Waals surface area contributed by atoms with Gasteiger partial charge in [-0.15, -0.1) is 0 Å². The number of hydrogen-bond acceptors (Lipinski definition) is 7. The monoisotopic (exact) mass is 266 g/mol. The van der Waals surface area contributed by atoms with E-state index < -0.39 is 21.0 Å². The molecule has 0 aliphatic rings. The minimum atomic E-state index is -3.98. The highest BCUT2D eigenvalue weighted by molar-refractivity contribution is 7.91. The lowest BCUT2D eigenvalue weighted by Crippen LogP contribution is -2.14. The first-order chi connectivity index (χ1) is 7.72. The Balaban J connectivity index is 0. The first-order valence-corrected chi connectivity index (χ1v) is 5.49. The lowest BCUT2D eigenvalue weighted by atomic mass is 10.6. The maximum Gasteiger partial charge on any atom is 0.351 e. The van der Waals surface area contributed by atoms with E-state index in [1.54, 1.807) is 0 Å². The number of ether oxygens (including phenoxy) is 2. The normalized spacial score (nSPS) is 9.35. The molecule has 7 nitrogen and oxygen atoms in total. The van der Waals surface area contributed by atoms with Gasteiger partial charge in [0.1, 0.15) is 0 Å². The number of rotatable bonds is 4. The highest BCUT2D eigenvalue weighted by Crippen LogP contribution is 2.05. The first-order valence-electron chi connectivity index (χ1n) is 4.08. The van der Waals surface area contributed by atoms with Crippen molar-refractivity contribution in [3.63, 3.8) is 0 Å². The third kappa shape index (κ3) is 8.17. The summed E-state index contributed by atoms with van der Waals surface area (Å²) >= 11 is 0. The van der Waals surface area contributed by atoms with Gasteiger partial charge >= 0.3 is 22.1 Å². The van der Waals surface area contributed by atoms with Crippen molar-refractivity contribution in [3.8, 4) is 0 Å². The molecule has 8 heteroatoms. The molecule has 0 unspecified atom stereocenters. The van der Waals surface area contributed by atoms with Crippen LogP contribution in [0.1, 0.15) is 6.92 Å². The summed E-state index contributed by atoms with van der Waals surface area (Å²) in [6.07, 6.45) is 1.10. The summed E-state index contributed by atoms with van der Waals surface area (Å²) in [7, 11) is -1.99. The molecule has 98 valence electrons. The van der Waals surface area contributed by atoms with Gasteiger partial charge in [-0.25, -0.2) is 4.79 Å². The molecular formula is C9H14O7S. The first kappa shape index (κ1) is 17.7. The fourth-order valence-corrected chi connectivity index (χ4v) is 0.922. The predicted molar refractivity (Wildman–Crippen MR) is 59.0 cm³/mol. The molecule has 0 atom stereocenters. The molecule has 0 bridgehead atoms. The van der Waals surface area contributed by atoms with Gasteiger partial charge in [-0.1, -0.05) is 13.2 Å². The topological polar surface area (TPSA) is 96.0 Å². The second-order valence-corrected chi connectivity index (χ2v) is 4.05. The van der Waals surface area contributed by atoms with Crippen molar-refractivity contribution in [2.45, 2.75) is 6.92 Å². The van der Waals surface area contributed by atoms with E-state index in [4.69, 9.17) is 0 Å². The zero-order chi connectivity index (χ0) is 14.1.